The van der Waals surface area contributed by atoms with Crippen LogP contribution >= 0.6 is 23.5 Å². The van der Waals surface area contributed by atoms with Crippen LogP contribution in [0.25, 0.3) is 0 Å². The number of unbranched alkanes of at least 4 members (excludes halogenated alkanes) is 1. The molecule has 0 nitrogen and oxygen atoms in total. The third kappa shape index (κ3) is 6.59. The number of hydrogen-bond donors (Lipinski definition) is 0. The fraction of sp³-hybridized carbons (Fsp3) is 0.857. The molecule has 0 unspecified atom stereocenters. The largest absolute Gasteiger partial charge is 0.146 e. The van der Waals surface area contributed by atoms with E-state index in [-0.39, 0.29) is 0 Å². The Bertz CT molecular complexity index is 54.9. The van der Waals surface area contributed by atoms with Crippen LogP contribution in [0.4, 0.5) is 0 Å². The summed E-state index contributed by atoms with van der Waals surface area (Å²) in [7, 11) is 0. The van der Waals surface area contributed by atoms with Crippen molar-refractivity contribution in [3.63, 3.8) is 0 Å². The van der Waals surface area contributed by atoms with Crippen molar-refractivity contribution in [3.8, 4) is 0 Å². The molecule has 9 heavy (non-hydrogen) atoms. The first-order valence-electron chi connectivity index (χ1n) is 3.31. The molecule has 0 aromatic rings. The van der Waals surface area contributed by atoms with Crippen molar-refractivity contribution in [3.05, 3.63) is 4.58 Å². The Hall–Kier alpha value is 0.700. The van der Waals surface area contributed by atoms with E-state index < -0.39 is 0 Å². The molecule has 0 saturated carbocycles. The maximum Gasteiger partial charge on any atom is 0.0814 e. The molecule has 0 bridgehead atoms. The third-order valence-corrected chi connectivity index (χ3v) is 3.42. The van der Waals surface area contributed by atoms with Crippen LogP contribution < -0.4 is 0 Å². The van der Waals surface area contributed by atoms with Crippen LogP contribution in [-0.2, 0) is 0 Å². The SMILES string of the molecule is CCCCS[C](C)SC. The maximum atomic E-state index is 2.23. The topological polar surface area (TPSA) is 0 Å². The summed E-state index contributed by atoms with van der Waals surface area (Å²) in [6.45, 7) is 4.42. The molecule has 0 rings (SSSR count). The minimum atomic E-state index is 1.29. The molecule has 0 saturated heterocycles. The predicted molar refractivity (Wildman–Crippen MR) is 49.8 cm³/mol. The first kappa shape index (κ1) is 9.70. The number of hydrogen-bond acceptors (Lipinski definition) is 2. The Morgan fingerprint density at radius 2 is 2.11 bits per heavy atom. The van der Waals surface area contributed by atoms with Crippen LogP contribution in [-0.4, -0.2) is 12.0 Å². The molecule has 0 amide bonds. The molecule has 2 heteroatoms. The van der Waals surface area contributed by atoms with Gasteiger partial charge in [-0.3, -0.25) is 0 Å². The highest BCUT2D eigenvalue weighted by Crippen LogP contribution is 2.28. The molecule has 0 fully saturated rings. The molecule has 0 aliphatic heterocycles. The molecule has 1 radical (unpaired) electrons. The van der Waals surface area contributed by atoms with Gasteiger partial charge in [-0.15, -0.1) is 23.5 Å². The van der Waals surface area contributed by atoms with Crippen LogP contribution in [0.5, 0.6) is 0 Å². The van der Waals surface area contributed by atoms with E-state index in [4.69, 9.17) is 0 Å². The normalized spacial score (nSPS) is 10.7. The second-order valence-electron chi connectivity index (χ2n) is 1.90. The summed E-state index contributed by atoms with van der Waals surface area (Å²) in [4.78, 5) is 0. The molecule has 0 spiro atoms. The second kappa shape index (κ2) is 6.81. The van der Waals surface area contributed by atoms with Gasteiger partial charge in [0.1, 0.15) is 0 Å². The molecule has 0 atom stereocenters. The van der Waals surface area contributed by atoms with Crippen molar-refractivity contribution in [2.24, 2.45) is 0 Å². The molecule has 0 aromatic heterocycles. The molecule has 55 valence electrons. The Morgan fingerprint density at radius 3 is 2.56 bits per heavy atom. The summed E-state index contributed by atoms with van der Waals surface area (Å²) in [6, 6.07) is 0. The van der Waals surface area contributed by atoms with Crippen molar-refractivity contribution < 1.29 is 0 Å². The van der Waals surface area contributed by atoms with E-state index in [2.05, 4.69) is 20.1 Å². The van der Waals surface area contributed by atoms with E-state index in [9.17, 15) is 0 Å². The number of rotatable bonds is 5. The fourth-order valence-electron chi connectivity index (χ4n) is 0.419. The lowest BCUT2D eigenvalue weighted by molar-refractivity contribution is 0.897. The van der Waals surface area contributed by atoms with Gasteiger partial charge in [0.25, 0.3) is 0 Å². The fourth-order valence-corrected chi connectivity index (χ4v) is 1.86. The minimum absolute atomic E-state index is 1.29. The van der Waals surface area contributed by atoms with Crippen LogP contribution in [0.3, 0.4) is 0 Å². The van der Waals surface area contributed by atoms with Crippen LogP contribution in [0.1, 0.15) is 26.7 Å². The Balaban J connectivity index is 2.88. The molecule has 0 aliphatic carbocycles. The zero-order valence-corrected chi connectivity index (χ0v) is 8.07. The third-order valence-electron chi connectivity index (χ3n) is 1.09. The van der Waals surface area contributed by atoms with Crippen molar-refractivity contribution in [2.45, 2.75) is 26.7 Å². The summed E-state index contributed by atoms with van der Waals surface area (Å²) in [6.07, 6.45) is 4.80. The highest BCUT2D eigenvalue weighted by Gasteiger charge is 1.97. The quantitative estimate of drug-likeness (QED) is 0.570. The highest BCUT2D eigenvalue weighted by atomic mass is 32.2. The first-order chi connectivity index (χ1) is 4.31. The predicted octanol–water partition coefficient (Wildman–Crippen LogP) is 3.39. The molecule has 0 aromatic carbocycles. The molecule has 0 heterocycles. The van der Waals surface area contributed by atoms with Crippen LogP contribution in [0, 0.1) is 4.58 Å². The Kier molecular flexibility index (Phi) is 7.34. The average molecular weight is 163 g/mol. The lowest BCUT2D eigenvalue weighted by atomic mass is 10.4. The molecule has 0 aliphatic rings. The lowest BCUT2D eigenvalue weighted by Crippen LogP contribution is -1.80. The number of thioether (sulfide) groups is 2. The zero-order valence-electron chi connectivity index (χ0n) is 6.44. The molecular weight excluding hydrogens is 148 g/mol. The first-order valence-corrected chi connectivity index (χ1v) is 5.52. The van der Waals surface area contributed by atoms with Crippen LogP contribution in [0.15, 0.2) is 0 Å². The van der Waals surface area contributed by atoms with Gasteiger partial charge in [0.05, 0.1) is 4.58 Å². The van der Waals surface area contributed by atoms with E-state index in [0.717, 1.165) is 0 Å². The minimum Gasteiger partial charge on any atom is -0.146 e. The highest BCUT2D eigenvalue weighted by molar-refractivity contribution is 8.20. The van der Waals surface area contributed by atoms with Crippen molar-refractivity contribution in [1.82, 2.24) is 0 Å². The van der Waals surface area contributed by atoms with Crippen molar-refractivity contribution in [2.75, 3.05) is 12.0 Å². The summed E-state index contributed by atoms with van der Waals surface area (Å²) in [5, 5.41) is 0. The smallest absolute Gasteiger partial charge is 0.0814 e. The Labute approximate surface area is 67.2 Å². The monoisotopic (exact) mass is 163 g/mol. The van der Waals surface area contributed by atoms with Gasteiger partial charge in [-0.05, 0) is 25.4 Å². The summed E-state index contributed by atoms with van der Waals surface area (Å²) < 4.78 is 1.49. The summed E-state index contributed by atoms with van der Waals surface area (Å²) in [5.74, 6) is 1.29. The van der Waals surface area contributed by atoms with Gasteiger partial charge in [-0.2, -0.15) is 0 Å². The molecule has 0 N–H and O–H groups in total. The Morgan fingerprint density at radius 1 is 1.44 bits per heavy atom. The van der Waals surface area contributed by atoms with E-state index in [1.54, 1.807) is 0 Å². The summed E-state index contributed by atoms with van der Waals surface area (Å²) in [5.41, 5.74) is 0. The van der Waals surface area contributed by atoms with E-state index in [0.29, 0.717) is 0 Å². The standard InChI is InChI=1S/C7H15S2/c1-4-5-6-9-7(2)8-3/h4-6H2,1-3H3. The van der Waals surface area contributed by atoms with E-state index >= 15 is 0 Å². The zero-order chi connectivity index (χ0) is 7.11. The van der Waals surface area contributed by atoms with Gasteiger partial charge in [0.15, 0.2) is 0 Å². The van der Waals surface area contributed by atoms with Gasteiger partial charge in [-0.1, -0.05) is 13.3 Å². The second-order valence-corrected chi connectivity index (χ2v) is 4.49. The van der Waals surface area contributed by atoms with E-state index in [1.807, 2.05) is 23.5 Å². The lowest BCUT2D eigenvalue weighted by Gasteiger charge is -2.04. The van der Waals surface area contributed by atoms with Gasteiger partial charge >= 0.3 is 0 Å². The maximum absolute atomic E-state index is 2.23. The van der Waals surface area contributed by atoms with Gasteiger partial charge in [0, 0.05) is 0 Å². The van der Waals surface area contributed by atoms with Crippen molar-refractivity contribution in [1.29, 1.82) is 0 Å². The van der Waals surface area contributed by atoms with E-state index in [1.165, 1.54) is 23.2 Å². The molecular formula is C7H15S2. The van der Waals surface area contributed by atoms with Crippen molar-refractivity contribution >= 4 is 23.5 Å². The average Bonchev–Trinajstić information content (AvgIpc) is 1.89. The van der Waals surface area contributed by atoms with Gasteiger partial charge in [0.2, 0.25) is 0 Å². The van der Waals surface area contributed by atoms with Gasteiger partial charge in [-0.25, -0.2) is 0 Å². The summed E-state index contributed by atoms with van der Waals surface area (Å²) >= 11 is 3.84. The van der Waals surface area contributed by atoms with Crippen LogP contribution in [0.2, 0.25) is 0 Å². The van der Waals surface area contributed by atoms with Gasteiger partial charge < -0.3 is 0 Å².